The predicted octanol–water partition coefficient (Wildman–Crippen LogP) is 2.05. The molecule has 0 aliphatic heterocycles. The van der Waals surface area contributed by atoms with E-state index in [0.717, 1.165) is 5.56 Å². The summed E-state index contributed by atoms with van der Waals surface area (Å²) >= 11 is 11.4. The van der Waals surface area contributed by atoms with Crippen molar-refractivity contribution in [3.8, 4) is 0 Å². The molecule has 0 aliphatic rings. The van der Waals surface area contributed by atoms with Crippen LogP contribution in [0.3, 0.4) is 0 Å². The van der Waals surface area contributed by atoms with Crippen LogP contribution < -0.4 is 5.73 Å². The number of hydrogen-bond donors (Lipinski definition) is 1. The Bertz CT molecular complexity index is 352. The summed E-state index contributed by atoms with van der Waals surface area (Å²) < 4.78 is 0. The second kappa shape index (κ2) is 3.94. The molecule has 1 aromatic rings. The van der Waals surface area contributed by atoms with Crippen molar-refractivity contribution in [1.29, 1.82) is 0 Å². The molecule has 0 saturated heterocycles. The minimum atomic E-state index is -0.594. The van der Waals surface area contributed by atoms with Gasteiger partial charge in [-0.1, -0.05) is 30.1 Å². The molecule has 0 aromatic carbocycles. The van der Waals surface area contributed by atoms with E-state index in [2.05, 4.69) is 4.98 Å². The monoisotopic (exact) mass is 218 g/mol. The minimum Gasteiger partial charge on any atom is -0.366 e. The van der Waals surface area contributed by atoms with Crippen LogP contribution >= 0.6 is 23.2 Å². The van der Waals surface area contributed by atoms with Crippen molar-refractivity contribution < 1.29 is 4.79 Å². The van der Waals surface area contributed by atoms with Gasteiger partial charge in [0.05, 0.1) is 5.56 Å². The number of hydrogen-bond acceptors (Lipinski definition) is 2. The molecule has 0 unspecified atom stereocenters. The van der Waals surface area contributed by atoms with Gasteiger partial charge < -0.3 is 5.73 Å². The number of aryl methyl sites for hydroxylation is 1. The quantitative estimate of drug-likeness (QED) is 0.773. The van der Waals surface area contributed by atoms with Crippen molar-refractivity contribution in [2.45, 2.75) is 13.3 Å². The first-order valence-electron chi connectivity index (χ1n) is 3.71. The van der Waals surface area contributed by atoms with Crippen LogP contribution in [0.25, 0.3) is 0 Å². The smallest absolute Gasteiger partial charge is 0.251 e. The van der Waals surface area contributed by atoms with Gasteiger partial charge in [0.25, 0.3) is 5.91 Å². The summed E-state index contributed by atoms with van der Waals surface area (Å²) in [6, 6.07) is 1.57. The molecule has 0 spiro atoms. The summed E-state index contributed by atoms with van der Waals surface area (Å²) in [5.41, 5.74) is 6.06. The molecule has 0 saturated carbocycles. The maximum Gasteiger partial charge on any atom is 0.251 e. The fourth-order valence-corrected chi connectivity index (χ4v) is 1.48. The fourth-order valence-electron chi connectivity index (χ4n) is 0.932. The average Bonchev–Trinajstić information content (AvgIpc) is 2.03. The van der Waals surface area contributed by atoms with Crippen LogP contribution in [0.2, 0.25) is 10.3 Å². The molecular formula is C8H8Cl2N2O. The van der Waals surface area contributed by atoms with Crippen molar-refractivity contribution in [3.63, 3.8) is 0 Å². The second-order valence-corrected chi connectivity index (χ2v) is 3.21. The molecule has 70 valence electrons. The highest BCUT2D eigenvalue weighted by Crippen LogP contribution is 2.21. The maximum absolute atomic E-state index is 10.9. The molecule has 3 nitrogen and oxygen atoms in total. The molecule has 13 heavy (non-hydrogen) atoms. The van der Waals surface area contributed by atoms with Gasteiger partial charge >= 0.3 is 0 Å². The van der Waals surface area contributed by atoms with Crippen molar-refractivity contribution in [2.24, 2.45) is 5.73 Å². The topological polar surface area (TPSA) is 56.0 Å². The Labute approximate surface area is 85.9 Å². The van der Waals surface area contributed by atoms with Crippen LogP contribution in [0.5, 0.6) is 0 Å². The maximum atomic E-state index is 10.9. The first-order valence-corrected chi connectivity index (χ1v) is 4.46. The Kier molecular flexibility index (Phi) is 3.12. The van der Waals surface area contributed by atoms with Gasteiger partial charge in [-0.05, 0) is 18.1 Å². The summed E-state index contributed by atoms with van der Waals surface area (Å²) in [7, 11) is 0. The fraction of sp³-hybridized carbons (Fsp3) is 0.250. The second-order valence-electron chi connectivity index (χ2n) is 2.49. The lowest BCUT2D eigenvalue weighted by Gasteiger charge is -2.04. The number of carbonyl (C=O) groups excluding carboxylic acids is 1. The summed E-state index contributed by atoms with van der Waals surface area (Å²) in [5, 5.41) is 0.368. The third-order valence-electron chi connectivity index (χ3n) is 1.65. The van der Waals surface area contributed by atoms with E-state index >= 15 is 0 Å². The average molecular weight is 219 g/mol. The predicted molar refractivity (Wildman–Crippen MR) is 52.2 cm³/mol. The Morgan fingerprint density at radius 3 is 2.62 bits per heavy atom. The standard InChI is InChI=1S/C8H8Cl2N2O/c1-2-4-3-5(8(11)13)7(10)12-6(4)9/h3H,2H2,1H3,(H2,11,13). The van der Waals surface area contributed by atoms with E-state index < -0.39 is 5.91 Å². The highest BCUT2D eigenvalue weighted by atomic mass is 35.5. The molecule has 2 N–H and O–H groups in total. The Morgan fingerprint density at radius 1 is 1.54 bits per heavy atom. The number of rotatable bonds is 2. The number of nitrogens with two attached hydrogens (primary N) is 1. The van der Waals surface area contributed by atoms with E-state index in [-0.39, 0.29) is 10.7 Å². The summed E-state index contributed by atoms with van der Waals surface area (Å²) in [6.07, 6.45) is 0.684. The number of nitrogens with zero attached hydrogens (tertiary/aromatic N) is 1. The normalized spacial score (nSPS) is 10.1. The Morgan fingerprint density at radius 2 is 2.15 bits per heavy atom. The lowest BCUT2D eigenvalue weighted by Crippen LogP contribution is -2.13. The van der Waals surface area contributed by atoms with Crippen LogP contribution in [-0.2, 0) is 6.42 Å². The summed E-state index contributed by atoms with van der Waals surface area (Å²) in [5.74, 6) is -0.594. The zero-order chi connectivity index (χ0) is 10.0. The highest BCUT2D eigenvalue weighted by molar-refractivity contribution is 6.35. The third kappa shape index (κ3) is 2.11. The van der Waals surface area contributed by atoms with E-state index in [1.165, 1.54) is 0 Å². The van der Waals surface area contributed by atoms with Gasteiger partial charge in [-0.15, -0.1) is 0 Å². The van der Waals surface area contributed by atoms with Crippen molar-refractivity contribution >= 4 is 29.1 Å². The number of primary amides is 1. The Hall–Kier alpha value is -0.800. The number of amides is 1. The van der Waals surface area contributed by atoms with Gasteiger partial charge in [-0.2, -0.15) is 0 Å². The zero-order valence-corrected chi connectivity index (χ0v) is 8.49. The molecule has 0 fully saturated rings. The van der Waals surface area contributed by atoms with Crippen molar-refractivity contribution in [1.82, 2.24) is 4.98 Å². The van der Waals surface area contributed by atoms with E-state index in [0.29, 0.717) is 11.6 Å². The van der Waals surface area contributed by atoms with Gasteiger partial charge in [0, 0.05) is 0 Å². The number of pyridine rings is 1. The molecule has 0 atom stereocenters. The first kappa shape index (κ1) is 10.3. The van der Waals surface area contributed by atoms with Crippen LogP contribution in [0.1, 0.15) is 22.8 Å². The zero-order valence-electron chi connectivity index (χ0n) is 6.97. The largest absolute Gasteiger partial charge is 0.366 e. The molecule has 1 amide bonds. The number of aromatic nitrogens is 1. The van der Waals surface area contributed by atoms with Crippen LogP contribution in [0.4, 0.5) is 0 Å². The third-order valence-corrected chi connectivity index (χ3v) is 2.26. The Balaban J connectivity index is 3.30. The van der Waals surface area contributed by atoms with E-state index in [1.807, 2.05) is 6.92 Å². The van der Waals surface area contributed by atoms with Crippen molar-refractivity contribution in [3.05, 3.63) is 27.5 Å². The van der Waals surface area contributed by atoms with Crippen molar-refractivity contribution in [2.75, 3.05) is 0 Å². The summed E-state index contributed by atoms with van der Waals surface area (Å²) in [6.45, 7) is 1.90. The van der Waals surface area contributed by atoms with Gasteiger partial charge in [0.2, 0.25) is 0 Å². The molecule has 1 aromatic heterocycles. The number of halogens is 2. The molecule has 5 heteroatoms. The van der Waals surface area contributed by atoms with Gasteiger partial charge in [0.15, 0.2) is 0 Å². The van der Waals surface area contributed by atoms with E-state index in [1.54, 1.807) is 6.07 Å². The first-order chi connectivity index (χ1) is 6.06. The van der Waals surface area contributed by atoms with Gasteiger partial charge in [0.1, 0.15) is 10.3 Å². The SMILES string of the molecule is CCc1cc(C(N)=O)c(Cl)nc1Cl. The van der Waals surface area contributed by atoms with Gasteiger partial charge in [-0.3, -0.25) is 4.79 Å². The molecule has 0 aliphatic carbocycles. The lowest BCUT2D eigenvalue weighted by molar-refractivity contribution is 0.1000. The summed E-state index contributed by atoms with van der Waals surface area (Å²) in [4.78, 5) is 14.7. The lowest BCUT2D eigenvalue weighted by atomic mass is 10.1. The van der Waals surface area contributed by atoms with E-state index in [9.17, 15) is 4.79 Å². The highest BCUT2D eigenvalue weighted by Gasteiger charge is 2.11. The van der Waals surface area contributed by atoms with Gasteiger partial charge in [-0.25, -0.2) is 4.98 Å². The van der Waals surface area contributed by atoms with E-state index in [4.69, 9.17) is 28.9 Å². The van der Waals surface area contributed by atoms with Crippen LogP contribution in [-0.4, -0.2) is 10.9 Å². The molecule has 1 rings (SSSR count). The van der Waals surface area contributed by atoms with Crippen LogP contribution in [0.15, 0.2) is 6.07 Å². The molecular weight excluding hydrogens is 211 g/mol. The molecule has 1 heterocycles. The minimum absolute atomic E-state index is 0.0506. The molecule has 0 bridgehead atoms. The molecule has 0 radical (unpaired) electrons. The number of carbonyl (C=O) groups is 1. The van der Waals surface area contributed by atoms with Crippen LogP contribution in [0, 0.1) is 0 Å².